The fraction of sp³-hybridized carbons (Fsp3) is 0.429. The third-order valence-corrected chi connectivity index (χ3v) is 1.91. The Morgan fingerprint density at radius 3 is 2.83 bits per heavy atom. The van der Waals surface area contributed by atoms with Gasteiger partial charge >= 0.3 is 0 Å². The predicted octanol–water partition coefficient (Wildman–Crippen LogP) is -0.522. The zero-order valence-corrected chi connectivity index (χ0v) is 7.12. The lowest BCUT2D eigenvalue weighted by Crippen LogP contribution is -2.44. The largest absolute Gasteiger partial charge is 0.368 e. The van der Waals surface area contributed by atoms with Crippen LogP contribution in [0.4, 0.5) is 0 Å². The molecule has 0 bridgehead atoms. The van der Waals surface area contributed by atoms with Gasteiger partial charge in [-0.05, 0) is 0 Å². The van der Waals surface area contributed by atoms with Crippen molar-refractivity contribution >= 4 is 23.4 Å². The molecule has 1 unspecified atom stereocenters. The standard InChI is InChI=1S/C7H9ClN2O2/c8-4-6(11)10-3-1-2-5(10)7(9)12/h1-2,5H,3-4H2,(H2,9,12). The average molecular weight is 189 g/mol. The Morgan fingerprint density at radius 1 is 1.67 bits per heavy atom. The topological polar surface area (TPSA) is 63.4 Å². The van der Waals surface area contributed by atoms with Crippen molar-refractivity contribution in [2.75, 3.05) is 12.4 Å². The van der Waals surface area contributed by atoms with Gasteiger partial charge in [-0.1, -0.05) is 12.2 Å². The second kappa shape index (κ2) is 3.58. The van der Waals surface area contributed by atoms with Gasteiger partial charge in [-0.2, -0.15) is 0 Å². The summed E-state index contributed by atoms with van der Waals surface area (Å²) in [6.07, 6.45) is 3.33. The number of rotatable bonds is 2. The molecule has 66 valence electrons. The molecule has 0 aromatic heterocycles. The molecular weight excluding hydrogens is 180 g/mol. The van der Waals surface area contributed by atoms with Crippen LogP contribution in [-0.2, 0) is 9.59 Å². The van der Waals surface area contributed by atoms with Crippen molar-refractivity contribution in [1.29, 1.82) is 0 Å². The van der Waals surface area contributed by atoms with Crippen molar-refractivity contribution in [3.63, 3.8) is 0 Å². The highest BCUT2D eigenvalue weighted by Crippen LogP contribution is 2.09. The minimum absolute atomic E-state index is 0.120. The number of alkyl halides is 1. The molecule has 1 rings (SSSR count). The molecule has 0 spiro atoms. The van der Waals surface area contributed by atoms with Crippen LogP contribution in [-0.4, -0.2) is 35.2 Å². The van der Waals surface area contributed by atoms with Crippen molar-refractivity contribution in [3.8, 4) is 0 Å². The van der Waals surface area contributed by atoms with Gasteiger partial charge in [0.15, 0.2) is 0 Å². The van der Waals surface area contributed by atoms with Gasteiger partial charge in [-0.15, -0.1) is 11.6 Å². The molecular formula is C7H9ClN2O2. The molecule has 0 saturated heterocycles. The minimum Gasteiger partial charge on any atom is -0.368 e. The summed E-state index contributed by atoms with van der Waals surface area (Å²) in [5.41, 5.74) is 5.05. The molecule has 0 aromatic rings. The van der Waals surface area contributed by atoms with Gasteiger partial charge in [0.05, 0.1) is 0 Å². The first-order valence-electron chi connectivity index (χ1n) is 3.48. The summed E-state index contributed by atoms with van der Waals surface area (Å²) in [5.74, 6) is -0.918. The Hall–Kier alpha value is -1.03. The molecule has 0 radical (unpaired) electrons. The van der Waals surface area contributed by atoms with E-state index in [1.807, 2.05) is 0 Å². The lowest BCUT2D eigenvalue weighted by atomic mass is 10.3. The zero-order chi connectivity index (χ0) is 9.14. The molecule has 0 saturated carbocycles. The highest BCUT2D eigenvalue weighted by atomic mass is 35.5. The zero-order valence-electron chi connectivity index (χ0n) is 6.37. The smallest absolute Gasteiger partial charge is 0.244 e. The average Bonchev–Trinajstić information content (AvgIpc) is 2.50. The summed E-state index contributed by atoms with van der Waals surface area (Å²) < 4.78 is 0. The molecule has 0 aromatic carbocycles. The monoisotopic (exact) mass is 188 g/mol. The third kappa shape index (κ3) is 1.58. The number of amides is 2. The molecule has 5 heteroatoms. The van der Waals surface area contributed by atoms with Gasteiger partial charge in [0.1, 0.15) is 11.9 Å². The van der Waals surface area contributed by atoms with E-state index in [0.717, 1.165) is 0 Å². The minimum atomic E-state index is -0.615. The molecule has 0 aliphatic carbocycles. The van der Waals surface area contributed by atoms with Crippen LogP contribution in [0, 0.1) is 0 Å². The summed E-state index contributed by atoms with van der Waals surface area (Å²) in [4.78, 5) is 23.2. The van der Waals surface area contributed by atoms with Crippen molar-refractivity contribution in [2.24, 2.45) is 5.73 Å². The second-order valence-electron chi connectivity index (χ2n) is 2.46. The molecule has 1 heterocycles. The van der Waals surface area contributed by atoms with E-state index >= 15 is 0 Å². The van der Waals surface area contributed by atoms with Gasteiger partial charge in [0.25, 0.3) is 0 Å². The number of nitrogens with zero attached hydrogens (tertiary/aromatic N) is 1. The van der Waals surface area contributed by atoms with E-state index in [2.05, 4.69) is 0 Å². The van der Waals surface area contributed by atoms with Gasteiger partial charge in [0, 0.05) is 6.54 Å². The predicted molar refractivity (Wildman–Crippen MR) is 44.6 cm³/mol. The first kappa shape index (κ1) is 9.06. The van der Waals surface area contributed by atoms with E-state index in [4.69, 9.17) is 17.3 Å². The number of carbonyl (C=O) groups is 2. The van der Waals surface area contributed by atoms with Crippen LogP contribution in [0.1, 0.15) is 0 Å². The fourth-order valence-corrected chi connectivity index (χ4v) is 1.26. The fourth-order valence-electron chi connectivity index (χ4n) is 1.10. The molecule has 2 N–H and O–H groups in total. The normalized spacial score (nSPS) is 21.4. The van der Waals surface area contributed by atoms with Crippen LogP contribution in [0.25, 0.3) is 0 Å². The Labute approximate surface area is 75.0 Å². The van der Waals surface area contributed by atoms with Crippen LogP contribution in [0.3, 0.4) is 0 Å². The van der Waals surface area contributed by atoms with E-state index in [0.29, 0.717) is 6.54 Å². The summed E-state index contributed by atoms with van der Waals surface area (Å²) in [6.45, 7) is 0.416. The van der Waals surface area contributed by atoms with E-state index in [1.54, 1.807) is 12.2 Å². The molecule has 1 atom stereocenters. The molecule has 12 heavy (non-hydrogen) atoms. The maximum atomic E-state index is 11.1. The summed E-state index contributed by atoms with van der Waals surface area (Å²) in [7, 11) is 0. The number of halogens is 1. The SMILES string of the molecule is NC(=O)C1C=CCN1C(=O)CCl. The Bertz CT molecular complexity index is 240. The van der Waals surface area contributed by atoms with Gasteiger partial charge < -0.3 is 10.6 Å². The number of primary amides is 1. The molecule has 2 amide bonds. The number of hydrogen-bond donors (Lipinski definition) is 1. The highest BCUT2D eigenvalue weighted by molar-refractivity contribution is 6.27. The lowest BCUT2D eigenvalue weighted by molar-refractivity contribution is -0.134. The second-order valence-corrected chi connectivity index (χ2v) is 2.72. The van der Waals surface area contributed by atoms with Gasteiger partial charge in [-0.25, -0.2) is 0 Å². The van der Waals surface area contributed by atoms with Crippen molar-refractivity contribution < 1.29 is 9.59 Å². The number of hydrogen-bond acceptors (Lipinski definition) is 2. The van der Waals surface area contributed by atoms with Crippen molar-refractivity contribution in [3.05, 3.63) is 12.2 Å². The van der Waals surface area contributed by atoms with Crippen LogP contribution < -0.4 is 5.73 Å². The van der Waals surface area contributed by atoms with Gasteiger partial charge in [-0.3, -0.25) is 9.59 Å². The van der Waals surface area contributed by atoms with E-state index in [9.17, 15) is 9.59 Å². The maximum absolute atomic E-state index is 11.1. The summed E-state index contributed by atoms with van der Waals surface area (Å²) in [6, 6.07) is -0.615. The van der Waals surface area contributed by atoms with Crippen LogP contribution >= 0.6 is 11.6 Å². The molecule has 1 aliphatic heterocycles. The molecule has 4 nitrogen and oxygen atoms in total. The van der Waals surface area contributed by atoms with Crippen LogP contribution in [0.15, 0.2) is 12.2 Å². The van der Waals surface area contributed by atoms with Crippen LogP contribution in [0.2, 0.25) is 0 Å². The van der Waals surface area contributed by atoms with E-state index in [1.165, 1.54) is 4.90 Å². The van der Waals surface area contributed by atoms with Gasteiger partial charge in [0.2, 0.25) is 11.8 Å². The Balaban J connectivity index is 2.68. The van der Waals surface area contributed by atoms with Crippen molar-refractivity contribution in [2.45, 2.75) is 6.04 Å². The Kier molecular flexibility index (Phi) is 2.70. The third-order valence-electron chi connectivity index (χ3n) is 1.68. The first-order valence-corrected chi connectivity index (χ1v) is 4.01. The Morgan fingerprint density at radius 2 is 2.33 bits per heavy atom. The summed E-state index contributed by atoms with van der Waals surface area (Å²) in [5, 5.41) is 0. The van der Waals surface area contributed by atoms with Crippen LogP contribution in [0.5, 0.6) is 0 Å². The molecule has 1 aliphatic rings. The van der Waals surface area contributed by atoms with E-state index < -0.39 is 11.9 Å². The quantitative estimate of drug-likeness (QED) is 0.468. The lowest BCUT2D eigenvalue weighted by Gasteiger charge is -2.20. The number of nitrogens with two attached hydrogens (primary N) is 1. The highest BCUT2D eigenvalue weighted by Gasteiger charge is 2.27. The first-order chi connectivity index (χ1) is 5.66. The van der Waals surface area contributed by atoms with E-state index in [-0.39, 0.29) is 11.8 Å². The molecule has 0 fully saturated rings. The van der Waals surface area contributed by atoms with Crippen molar-refractivity contribution in [1.82, 2.24) is 4.90 Å². The maximum Gasteiger partial charge on any atom is 0.244 e. The number of carbonyl (C=O) groups excluding carboxylic acids is 2. The summed E-state index contributed by atoms with van der Waals surface area (Å²) >= 11 is 5.33.